The molecule has 0 aromatic carbocycles. The third kappa shape index (κ3) is 2.49. The van der Waals surface area contributed by atoms with Gasteiger partial charge in [0.25, 0.3) is 0 Å². The van der Waals surface area contributed by atoms with Crippen molar-refractivity contribution in [1.29, 1.82) is 5.41 Å². The Morgan fingerprint density at radius 3 is 2.56 bits per heavy atom. The summed E-state index contributed by atoms with van der Waals surface area (Å²) in [6, 6.07) is 0. The van der Waals surface area contributed by atoms with Crippen LogP contribution >= 0.6 is 23.3 Å². The van der Waals surface area contributed by atoms with Crippen molar-refractivity contribution in [2.75, 3.05) is 0 Å². The van der Waals surface area contributed by atoms with Gasteiger partial charge in [-0.15, -0.1) is 5.10 Å². The van der Waals surface area contributed by atoms with Crippen molar-refractivity contribution in [3.05, 3.63) is 22.6 Å². The highest BCUT2D eigenvalue weighted by molar-refractivity contribution is 8.01. The summed E-state index contributed by atoms with van der Waals surface area (Å²) in [5, 5.41) is 16.4. The van der Waals surface area contributed by atoms with Gasteiger partial charge in [-0.3, -0.25) is 5.41 Å². The number of aromatic nitrogens is 4. The van der Waals surface area contributed by atoms with Crippen molar-refractivity contribution in [3.63, 3.8) is 0 Å². The van der Waals surface area contributed by atoms with Crippen LogP contribution in [0.2, 0.25) is 0 Å². The molecule has 0 unspecified atom stereocenters. The van der Waals surface area contributed by atoms with Crippen LogP contribution in [-0.4, -0.2) is 25.4 Å². The lowest BCUT2D eigenvalue weighted by Gasteiger charge is -2.09. The number of hydrogen-bond donors (Lipinski definition) is 2. The first-order valence-electron chi connectivity index (χ1n) is 5.15. The fraction of sp³-hybridized carbons (Fsp3) is 0.300. The van der Waals surface area contributed by atoms with Gasteiger partial charge in [0, 0.05) is 0 Å². The van der Waals surface area contributed by atoms with Gasteiger partial charge >= 0.3 is 0 Å². The van der Waals surface area contributed by atoms with Gasteiger partial charge in [0.2, 0.25) is 0 Å². The number of amidine groups is 1. The van der Waals surface area contributed by atoms with Gasteiger partial charge in [-0.2, -0.15) is 9.47 Å². The van der Waals surface area contributed by atoms with E-state index in [-0.39, 0.29) is 5.84 Å². The molecule has 0 aliphatic heterocycles. The fourth-order valence-corrected chi connectivity index (χ4v) is 3.09. The normalized spacial score (nSPS) is 10.6. The van der Waals surface area contributed by atoms with Gasteiger partial charge in [-0.05, 0) is 49.6 Å². The number of aryl methyl sites for hydroxylation is 2. The predicted octanol–water partition coefficient (Wildman–Crippen LogP) is 1.69. The van der Waals surface area contributed by atoms with E-state index >= 15 is 0 Å². The maximum absolute atomic E-state index is 7.65. The summed E-state index contributed by atoms with van der Waals surface area (Å²) in [5.41, 5.74) is 7.89. The molecule has 0 spiro atoms. The maximum atomic E-state index is 7.65. The average molecular weight is 280 g/mol. The summed E-state index contributed by atoms with van der Waals surface area (Å²) in [7, 11) is 0. The molecule has 0 saturated heterocycles. The summed E-state index contributed by atoms with van der Waals surface area (Å²) < 4.78 is 4.87. The number of nitrogens with two attached hydrogens (primary N) is 1. The van der Waals surface area contributed by atoms with Crippen LogP contribution in [0.15, 0.2) is 9.37 Å². The molecule has 0 aliphatic rings. The van der Waals surface area contributed by atoms with Gasteiger partial charge < -0.3 is 5.73 Å². The molecular weight excluding hydrogens is 268 g/mol. The number of nitrogen functional groups attached to an aromatic ring is 1. The summed E-state index contributed by atoms with van der Waals surface area (Å²) in [6.07, 6.45) is 0. The van der Waals surface area contributed by atoms with Gasteiger partial charge in [0.05, 0.1) is 11.3 Å². The van der Waals surface area contributed by atoms with E-state index in [9.17, 15) is 0 Å². The van der Waals surface area contributed by atoms with Crippen LogP contribution in [-0.2, 0) is 0 Å². The maximum Gasteiger partial charge on any atom is 0.176 e. The Labute approximate surface area is 113 Å². The molecule has 2 rings (SSSR count). The standard InChI is InChI=1S/C10H12N6S2/c1-4-5(2)14-15-9(7(4)8(11)12)17-10-13-6(3)16-18-10/h1-3H3,(H3,11,12). The molecule has 0 radical (unpaired) electrons. The highest BCUT2D eigenvalue weighted by Crippen LogP contribution is 2.31. The Bertz CT molecular complexity index is 606. The minimum Gasteiger partial charge on any atom is -0.384 e. The second-order valence-corrected chi connectivity index (χ2v) is 5.70. The third-order valence-corrected chi connectivity index (χ3v) is 4.21. The Balaban J connectivity index is 2.44. The van der Waals surface area contributed by atoms with E-state index in [0.717, 1.165) is 21.4 Å². The van der Waals surface area contributed by atoms with Crippen LogP contribution in [0, 0.1) is 26.2 Å². The molecule has 0 aliphatic carbocycles. The van der Waals surface area contributed by atoms with Crippen molar-refractivity contribution in [2.24, 2.45) is 5.73 Å². The highest BCUT2D eigenvalue weighted by atomic mass is 32.2. The summed E-state index contributed by atoms with van der Waals surface area (Å²) in [6.45, 7) is 5.56. The van der Waals surface area contributed by atoms with E-state index in [0.29, 0.717) is 10.6 Å². The van der Waals surface area contributed by atoms with E-state index in [2.05, 4.69) is 19.6 Å². The zero-order chi connectivity index (χ0) is 13.3. The first-order valence-corrected chi connectivity index (χ1v) is 6.74. The quantitative estimate of drug-likeness (QED) is 0.655. The summed E-state index contributed by atoms with van der Waals surface area (Å²) in [4.78, 5) is 4.25. The first-order chi connectivity index (χ1) is 8.49. The first kappa shape index (κ1) is 12.9. The molecule has 94 valence electrons. The topological polar surface area (TPSA) is 101 Å². The van der Waals surface area contributed by atoms with E-state index in [1.54, 1.807) is 0 Å². The van der Waals surface area contributed by atoms with Crippen molar-refractivity contribution in [1.82, 2.24) is 19.6 Å². The number of nitrogens with zero attached hydrogens (tertiary/aromatic N) is 4. The summed E-state index contributed by atoms with van der Waals surface area (Å²) >= 11 is 2.63. The lowest BCUT2D eigenvalue weighted by atomic mass is 10.1. The third-order valence-electron chi connectivity index (χ3n) is 2.38. The van der Waals surface area contributed by atoms with Crippen molar-refractivity contribution in [3.8, 4) is 0 Å². The van der Waals surface area contributed by atoms with Crippen LogP contribution in [0.5, 0.6) is 0 Å². The van der Waals surface area contributed by atoms with Crippen molar-refractivity contribution < 1.29 is 0 Å². The number of rotatable bonds is 3. The SMILES string of the molecule is Cc1nsc(Sc2nnc(C)c(C)c2C(=N)N)n1. The van der Waals surface area contributed by atoms with Crippen LogP contribution in [0.4, 0.5) is 0 Å². The Kier molecular flexibility index (Phi) is 3.58. The Hall–Kier alpha value is -1.54. The molecule has 2 heterocycles. The van der Waals surface area contributed by atoms with Crippen molar-refractivity contribution >= 4 is 29.1 Å². The Morgan fingerprint density at radius 2 is 2.00 bits per heavy atom. The number of nitrogens with one attached hydrogen (secondary N) is 1. The molecule has 3 N–H and O–H groups in total. The zero-order valence-electron chi connectivity index (χ0n) is 10.2. The lowest BCUT2D eigenvalue weighted by Crippen LogP contribution is -2.16. The molecule has 2 aromatic heterocycles. The predicted molar refractivity (Wildman–Crippen MR) is 71.3 cm³/mol. The van der Waals surface area contributed by atoms with Gasteiger partial charge in [0.15, 0.2) is 4.34 Å². The summed E-state index contributed by atoms with van der Waals surface area (Å²) in [5.74, 6) is 0.720. The average Bonchev–Trinajstić information content (AvgIpc) is 2.69. The molecule has 6 nitrogen and oxygen atoms in total. The Morgan fingerprint density at radius 1 is 1.28 bits per heavy atom. The van der Waals surface area contributed by atoms with E-state index in [1.807, 2.05) is 20.8 Å². The highest BCUT2D eigenvalue weighted by Gasteiger charge is 2.16. The zero-order valence-corrected chi connectivity index (χ0v) is 11.8. The lowest BCUT2D eigenvalue weighted by molar-refractivity contribution is 0.872. The van der Waals surface area contributed by atoms with Crippen LogP contribution < -0.4 is 5.73 Å². The molecule has 2 aromatic rings. The smallest absolute Gasteiger partial charge is 0.176 e. The van der Waals surface area contributed by atoms with E-state index in [1.165, 1.54) is 23.3 Å². The monoisotopic (exact) mass is 280 g/mol. The van der Waals surface area contributed by atoms with Gasteiger partial charge in [0.1, 0.15) is 16.7 Å². The largest absolute Gasteiger partial charge is 0.384 e. The van der Waals surface area contributed by atoms with Crippen molar-refractivity contribution in [2.45, 2.75) is 30.1 Å². The van der Waals surface area contributed by atoms with Crippen LogP contribution in [0.25, 0.3) is 0 Å². The molecule has 0 atom stereocenters. The number of hydrogen-bond acceptors (Lipinski definition) is 7. The van der Waals surface area contributed by atoms with Crippen LogP contribution in [0.3, 0.4) is 0 Å². The molecule has 18 heavy (non-hydrogen) atoms. The molecule has 0 amide bonds. The van der Waals surface area contributed by atoms with E-state index < -0.39 is 0 Å². The molecule has 8 heteroatoms. The van der Waals surface area contributed by atoms with Gasteiger partial charge in [-0.1, -0.05) is 0 Å². The minimum atomic E-state index is -0.00534. The van der Waals surface area contributed by atoms with Gasteiger partial charge in [-0.25, -0.2) is 4.98 Å². The molecule has 0 fully saturated rings. The molecule has 0 saturated carbocycles. The second kappa shape index (κ2) is 4.99. The van der Waals surface area contributed by atoms with Crippen LogP contribution in [0.1, 0.15) is 22.6 Å². The second-order valence-electron chi connectivity index (χ2n) is 3.71. The molecule has 0 bridgehead atoms. The fourth-order valence-electron chi connectivity index (χ4n) is 1.38. The molecular formula is C10H12N6S2. The van der Waals surface area contributed by atoms with E-state index in [4.69, 9.17) is 11.1 Å². The minimum absolute atomic E-state index is 0.00534.